The Bertz CT molecular complexity index is 424. The molecule has 1 aromatic rings. The number of carbonyl (C=O) groups is 1. The predicted octanol–water partition coefficient (Wildman–Crippen LogP) is 2.94. The van der Waals surface area contributed by atoms with Gasteiger partial charge in [-0.25, -0.2) is 4.39 Å². The van der Waals surface area contributed by atoms with Crippen LogP contribution in [0.1, 0.15) is 25.8 Å². The third kappa shape index (κ3) is 2.33. The molecule has 1 saturated heterocycles. The molecule has 1 heterocycles. The van der Waals surface area contributed by atoms with Crippen LogP contribution in [0.4, 0.5) is 10.1 Å². The fraction of sp³-hybridized carbons (Fsp3) is 0.500. The van der Waals surface area contributed by atoms with Crippen molar-refractivity contribution in [1.29, 1.82) is 0 Å². The van der Waals surface area contributed by atoms with E-state index in [1.165, 1.54) is 6.07 Å². The van der Waals surface area contributed by atoms with Crippen molar-refractivity contribution in [3.05, 3.63) is 29.6 Å². The third-order valence-electron chi connectivity index (χ3n) is 3.68. The van der Waals surface area contributed by atoms with Crippen molar-refractivity contribution in [2.45, 2.75) is 33.2 Å². The Morgan fingerprint density at radius 1 is 1.29 bits per heavy atom. The second-order valence-corrected chi connectivity index (χ2v) is 4.93. The molecule has 0 amide bonds. The minimum absolute atomic E-state index is 0.0207. The third-order valence-corrected chi connectivity index (χ3v) is 3.68. The van der Waals surface area contributed by atoms with Gasteiger partial charge in [-0.2, -0.15) is 0 Å². The Morgan fingerprint density at radius 3 is 2.65 bits per heavy atom. The van der Waals surface area contributed by atoms with E-state index >= 15 is 0 Å². The summed E-state index contributed by atoms with van der Waals surface area (Å²) in [6.45, 7) is 6.55. The van der Waals surface area contributed by atoms with Crippen LogP contribution in [0.5, 0.6) is 0 Å². The van der Waals surface area contributed by atoms with Gasteiger partial charge in [0.1, 0.15) is 11.6 Å². The molecular weight excluding hydrogens is 217 g/mol. The fourth-order valence-electron chi connectivity index (χ4n) is 2.45. The number of ketones is 1. The zero-order valence-corrected chi connectivity index (χ0v) is 10.5. The minimum Gasteiger partial charge on any atom is -0.368 e. The van der Waals surface area contributed by atoms with Crippen LogP contribution < -0.4 is 4.90 Å². The van der Waals surface area contributed by atoms with Gasteiger partial charge in [0, 0.05) is 30.6 Å². The summed E-state index contributed by atoms with van der Waals surface area (Å²) in [4.78, 5) is 13.7. The van der Waals surface area contributed by atoms with Gasteiger partial charge in [-0.05, 0) is 37.6 Å². The summed E-state index contributed by atoms with van der Waals surface area (Å²) in [5.74, 6) is 0.117. The molecule has 0 N–H and O–H groups in total. The van der Waals surface area contributed by atoms with E-state index in [1.54, 1.807) is 6.07 Å². The Hall–Kier alpha value is -1.38. The first-order valence-electron chi connectivity index (χ1n) is 6.05. The average Bonchev–Trinajstić information content (AvgIpc) is 2.24. The van der Waals surface area contributed by atoms with Crippen molar-refractivity contribution >= 4 is 11.5 Å². The summed E-state index contributed by atoms with van der Waals surface area (Å²) in [5.41, 5.74) is 1.80. The maximum absolute atomic E-state index is 13.4. The molecule has 2 unspecified atom stereocenters. The zero-order chi connectivity index (χ0) is 12.6. The number of hydrogen-bond acceptors (Lipinski definition) is 2. The maximum atomic E-state index is 13.4. The van der Waals surface area contributed by atoms with Gasteiger partial charge in [-0.1, -0.05) is 6.92 Å². The van der Waals surface area contributed by atoms with Gasteiger partial charge < -0.3 is 4.90 Å². The molecule has 0 bridgehead atoms. The van der Waals surface area contributed by atoms with E-state index in [4.69, 9.17) is 0 Å². The highest BCUT2D eigenvalue weighted by Gasteiger charge is 2.30. The van der Waals surface area contributed by atoms with Gasteiger partial charge in [0.25, 0.3) is 0 Å². The number of piperidine rings is 1. The molecule has 1 aliphatic heterocycles. The van der Waals surface area contributed by atoms with Crippen LogP contribution in [0, 0.1) is 18.7 Å². The number of aryl methyl sites for hydroxylation is 1. The van der Waals surface area contributed by atoms with E-state index in [-0.39, 0.29) is 17.8 Å². The van der Waals surface area contributed by atoms with E-state index in [2.05, 4.69) is 4.90 Å². The highest BCUT2D eigenvalue weighted by Crippen LogP contribution is 2.27. The molecule has 1 aromatic carbocycles. The number of halogens is 1. The lowest BCUT2D eigenvalue weighted by atomic mass is 9.90. The second-order valence-electron chi connectivity index (χ2n) is 4.93. The molecular formula is C14H18FNO. The standard InChI is InChI=1S/C14H18FNO/c1-9-6-12(15)8-13(7-9)16-5-4-14(17)10(2)11(16)3/h6-8,10-11H,4-5H2,1-3H3. The van der Waals surface area contributed by atoms with Crippen LogP contribution in [0.15, 0.2) is 18.2 Å². The van der Waals surface area contributed by atoms with Crippen LogP contribution >= 0.6 is 0 Å². The van der Waals surface area contributed by atoms with Crippen LogP contribution in [0.3, 0.4) is 0 Å². The summed E-state index contributed by atoms with van der Waals surface area (Å²) in [6.07, 6.45) is 0.557. The number of Topliss-reactive ketones (excluding diaryl/α,β-unsaturated/α-hetero) is 1. The monoisotopic (exact) mass is 235 g/mol. The molecule has 92 valence electrons. The largest absolute Gasteiger partial charge is 0.368 e. The minimum atomic E-state index is -0.211. The van der Waals surface area contributed by atoms with Gasteiger partial charge >= 0.3 is 0 Å². The zero-order valence-electron chi connectivity index (χ0n) is 10.5. The lowest BCUT2D eigenvalue weighted by molar-refractivity contribution is -0.123. The summed E-state index contributed by atoms with van der Waals surface area (Å²) < 4.78 is 13.4. The Kier molecular flexibility index (Phi) is 3.18. The first kappa shape index (κ1) is 12.1. The van der Waals surface area contributed by atoms with Crippen molar-refractivity contribution in [3.8, 4) is 0 Å². The van der Waals surface area contributed by atoms with Crippen molar-refractivity contribution in [2.24, 2.45) is 5.92 Å². The Balaban J connectivity index is 2.30. The predicted molar refractivity (Wildman–Crippen MR) is 66.7 cm³/mol. The molecule has 1 fully saturated rings. The van der Waals surface area contributed by atoms with Gasteiger partial charge in [0.15, 0.2) is 0 Å². The van der Waals surface area contributed by atoms with Gasteiger partial charge in [0.05, 0.1) is 0 Å². The summed E-state index contributed by atoms with van der Waals surface area (Å²) in [6, 6.07) is 5.18. The van der Waals surface area contributed by atoms with Gasteiger partial charge in [0.2, 0.25) is 0 Å². The SMILES string of the molecule is Cc1cc(F)cc(N2CCC(=O)C(C)C2C)c1. The van der Waals surface area contributed by atoms with Crippen LogP contribution in [0.25, 0.3) is 0 Å². The van der Waals surface area contributed by atoms with E-state index in [9.17, 15) is 9.18 Å². The topological polar surface area (TPSA) is 20.3 Å². The summed E-state index contributed by atoms with van der Waals surface area (Å²) in [5, 5.41) is 0. The number of anilines is 1. The Labute approximate surface area is 101 Å². The molecule has 0 aliphatic carbocycles. The molecule has 2 atom stereocenters. The van der Waals surface area contributed by atoms with Crippen molar-refractivity contribution in [3.63, 3.8) is 0 Å². The smallest absolute Gasteiger partial charge is 0.139 e. The molecule has 2 rings (SSSR count). The average molecular weight is 235 g/mol. The lowest BCUT2D eigenvalue weighted by Crippen LogP contribution is -2.47. The highest BCUT2D eigenvalue weighted by molar-refractivity contribution is 5.84. The van der Waals surface area contributed by atoms with E-state index in [0.717, 1.165) is 11.3 Å². The van der Waals surface area contributed by atoms with Crippen LogP contribution in [-0.2, 0) is 4.79 Å². The van der Waals surface area contributed by atoms with Crippen LogP contribution in [0.2, 0.25) is 0 Å². The second kappa shape index (κ2) is 4.47. The molecule has 0 radical (unpaired) electrons. The Morgan fingerprint density at radius 2 is 2.00 bits per heavy atom. The number of benzene rings is 1. The van der Waals surface area contributed by atoms with E-state index in [0.29, 0.717) is 18.7 Å². The first-order valence-corrected chi connectivity index (χ1v) is 6.05. The molecule has 17 heavy (non-hydrogen) atoms. The number of nitrogens with zero attached hydrogens (tertiary/aromatic N) is 1. The summed E-state index contributed by atoms with van der Waals surface area (Å²) in [7, 11) is 0. The molecule has 2 nitrogen and oxygen atoms in total. The number of rotatable bonds is 1. The summed E-state index contributed by atoms with van der Waals surface area (Å²) >= 11 is 0. The highest BCUT2D eigenvalue weighted by atomic mass is 19.1. The normalized spacial score (nSPS) is 25.2. The van der Waals surface area contributed by atoms with Crippen molar-refractivity contribution in [2.75, 3.05) is 11.4 Å². The van der Waals surface area contributed by atoms with Crippen LogP contribution in [-0.4, -0.2) is 18.4 Å². The number of carbonyl (C=O) groups excluding carboxylic acids is 1. The van der Waals surface area contributed by atoms with Crippen molar-refractivity contribution in [1.82, 2.24) is 0 Å². The van der Waals surface area contributed by atoms with E-state index in [1.807, 2.05) is 26.8 Å². The van der Waals surface area contributed by atoms with Crippen molar-refractivity contribution < 1.29 is 9.18 Å². The molecule has 3 heteroatoms. The maximum Gasteiger partial charge on any atom is 0.139 e. The molecule has 0 saturated carbocycles. The van der Waals surface area contributed by atoms with Gasteiger partial charge in [-0.15, -0.1) is 0 Å². The fourth-order valence-corrected chi connectivity index (χ4v) is 2.45. The molecule has 0 spiro atoms. The molecule has 0 aromatic heterocycles. The lowest BCUT2D eigenvalue weighted by Gasteiger charge is -2.38. The first-order chi connectivity index (χ1) is 7.99. The molecule has 1 aliphatic rings. The van der Waals surface area contributed by atoms with E-state index < -0.39 is 0 Å². The van der Waals surface area contributed by atoms with Gasteiger partial charge in [-0.3, -0.25) is 4.79 Å². The quantitative estimate of drug-likeness (QED) is 0.746. The number of hydrogen-bond donors (Lipinski definition) is 0.